The van der Waals surface area contributed by atoms with Crippen molar-refractivity contribution in [3.05, 3.63) is 24.0 Å². The standard InChI is InChI=1S/C12H19N3O2/c1-8(2)15(7-12(13)17)10-4-5-11(9(3)16)14-6-10/h4-6,8-9,16H,7H2,1-3H3,(H2,13,17)/t9-/m0/s1. The van der Waals surface area contributed by atoms with Crippen molar-refractivity contribution in [2.75, 3.05) is 11.4 Å². The zero-order valence-electron chi connectivity index (χ0n) is 10.4. The van der Waals surface area contributed by atoms with Crippen LogP contribution in [-0.4, -0.2) is 28.6 Å². The highest BCUT2D eigenvalue weighted by atomic mass is 16.3. The van der Waals surface area contributed by atoms with Crippen LogP contribution in [-0.2, 0) is 4.79 Å². The first-order valence-corrected chi connectivity index (χ1v) is 5.60. The molecule has 0 aliphatic carbocycles. The van der Waals surface area contributed by atoms with Crippen LogP contribution in [0.15, 0.2) is 18.3 Å². The number of hydrogen-bond acceptors (Lipinski definition) is 4. The third-order valence-corrected chi connectivity index (χ3v) is 2.48. The van der Waals surface area contributed by atoms with E-state index in [-0.39, 0.29) is 18.5 Å². The Morgan fingerprint density at radius 1 is 1.47 bits per heavy atom. The van der Waals surface area contributed by atoms with Gasteiger partial charge in [-0.2, -0.15) is 0 Å². The van der Waals surface area contributed by atoms with Crippen molar-refractivity contribution in [3.63, 3.8) is 0 Å². The Balaban J connectivity index is 2.91. The summed E-state index contributed by atoms with van der Waals surface area (Å²) in [5, 5.41) is 9.36. The first kappa shape index (κ1) is 13.4. The van der Waals surface area contributed by atoms with Crippen molar-refractivity contribution < 1.29 is 9.90 Å². The van der Waals surface area contributed by atoms with Gasteiger partial charge in [0.2, 0.25) is 5.91 Å². The van der Waals surface area contributed by atoms with Crippen molar-refractivity contribution in [1.82, 2.24) is 4.98 Å². The number of carbonyl (C=O) groups excluding carboxylic acids is 1. The molecule has 1 aromatic heterocycles. The van der Waals surface area contributed by atoms with Gasteiger partial charge in [0.25, 0.3) is 0 Å². The second-order valence-corrected chi connectivity index (χ2v) is 4.31. The lowest BCUT2D eigenvalue weighted by Gasteiger charge is -2.27. The molecule has 1 aromatic rings. The Morgan fingerprint density at radius 3 is 2.47 bits per heavy atom. The largest absolute Gasteiger partial charge is 0.387 e. The molecule has 0 aliphatic rings. The molecule has 1 heterocycles. The maximum Gasteiger partial charge on any atom is 0.236 e. The summed E-state index contributed by atoms with van der Waals surface area (Å²) < 4.78 is 0. The average molecular weight is 237 g/mol. The van der Waals surface area contributed by atoms with E-state index < -0.39 is 6.10 Å². The molecule has 0 saturated heterocycles. The minimum atomic E-state index is -0.590. The van der Waals surface area contributed by atoms with E-state index in [0.717, 1.165) is 5.69 Å². The predicted octanol–water partition coefficient (Wildman–Crippen LogP) is 0.835. The number of aromatic nitrogens is 1. The number of amides is 1. The predicted molar refractivity (Wildman–Crippen MR) is 66.5 cm³/mol. The molecule has 94 valence electrons. The Bertz CT molecular complexity index is 374. The van der Waals surface area contributed by atoms with Crippen LogP contribution in [0, 0.1) is 0 Å². The Labute approximate surface area is 101 Å². The number of carbonyl (C=O) groups is 1. The van der Waals surface area contributed by atoms with Crippen molar-refractivity contribution in [3.8, 4) is 0 Å². The van der Waals surface area contributed by atoms with E-state index in [2.05, 4.69) is 4.98 Å². The van der Waals surface area contributed by atoms with E-state index in [1.165, 1.54) is 0 Å². The van der Waals surface area contributed by atoms with E-state index in [4.69, 9.17) is 5.73 Å². The van der Waals surface area contributed by atoms with Gasteiger partial charge in [0.15, 0.2) is 0 Å². The van der Waals surface area contributed by atoms with Gasteiger partial charge in [-0.1, -0.05) is 0 Å². The second-order valence-electron chi connectivity index (χ2n) is 4.31. The van der Waals surface area contributed by atoms with Gasteiger partial charge in [-0.05, 0) is 32.9 Å². The fraction of sp³-hybridized carbons (Fsp3) is 0.500. The van der Waals surface area contributed by atoms with Gasteiger partial charge in [0.05, 0.1) is 30.2 Å². The quantitative estimate of drug-likeness (QED) is 0.795. The summed E-state index contributed by atoms with van der Waals surface area (Å²) in [7, 11) is 0. The van der Waals surface area contributed by atoms with Gasteiger partial charge < -0.3 is 15.7 Å². The zero-order chi connectivity index (χ0) is 13.0. The molecule has 17 heavy (non-hydrogen) atoms. The Kier molecular flexibility index (Phi) is 4.45. The monoisotopic (exact) mass is 237 g/mol. The third kappa shape index (κ3) is 3.71. The summed E-state index contributed by atoms with van der Waals surface area (Å²) >= 11 is 0. The molecule has 0 aromatic carbocycles. The molecule has 0 bridgehead atoms. The van der Waals surface area contributed by atoms with Crippen LogP contribution in [0.1, 0.15) is 32.6 Å². The van der Waals surface area contributed by atoms with Crippen LogP contribution in [0.25, 0.3) is 0 Å². The van der Waals surface area contributed by atoms with Crippen LogP contribution < -0.4 is 10.6 Å². The zero-order valence-corrected chi connectivity index (χ0v) is 10.4. The van der Waals surface area contributed by atoms with E-state index in [1.807, 2.05) is 24.8 Å². The molecule has 1 amide bonds. The van der Waals surface area contributed by atoms with Crippen LogP contribution in [0.3, 0.4) is 0 Å². The van der Waals surface area contributed by atoms with Crippen molar-refractivity contribution >= 4 is 11.6 Å². The fourth-order valence-corrected chi connectivity index (χ4v) is 1.55. The lowest BCUT2D eigenvalue weighted by atomic mass is 10.2. The number of pyridine rings is 1. The van der Waals surface area contributed by atoms with E-state index in [1.54, 1.807) is 19.2 Å². The Hall–Kier alpha value is -1.62. The third-order valence-electron chi connectivity index (χ3n) is 2.48. The second kappa shape index (κ2) is 5.63. The molecule has 0 spiro atoms. The molecule has 1 rings (SSSR count). The fourth-order valence-electron chi connectivity index (χ4n) is 1.55. The smallest absolute Gasteiger partial charge is 0.236 e. The number of nitrogens with zero attached hydrogens (tertiary/aromatic N) is 2. The summed E-state index contributed by atoms with van der Waals surface area (Å²) in [6.45, 7) is 5.77. The summed E-state index contributed by atoms with van der Waals surface area (Å²) in [5.74, 6) is -0.377. The molecular weight excluding hydrogens is 218 g/mol. The van der Waals surface area contributed by atoms with Gasteiger partial charge in [0, 0.05) is 6.04 Å². The number of nitrogens with two attached hydrogens (primary N) is 1. The lowest BCUT2D eigenvalue weighted by molar-refractivity contribution is -0.116. The average Bonchev–Trinajstić information content (AvgIpc) is 2.25. The topological polar surface area (TPSA) is 79.5 Å². The SMILES string of the molecule is CC(C)N(CC(N)=O)c1ccc([C@H](C)O)nc1. The summed E-state index contributed by atoms with van der Waals surface area (Å²) in [4.78, 5) is 17.0. The summed E-state index contributed by atoms with van der Waals surface area (Å²) in [5.41, 5.74) is 6.64. The highest BCUT2D eigenvalue weighted by Crippen LogP contribution is 2.18. The van der Waals surface area contributed by atoms with Gasteiger partial charge in [-0.3, -0.25) is 9.78 Å². The highest BCUT2D eigenvalue weighted by Gasteiger charge is 2.13. The first-order chi connectivity index (χ1) is 7.91. The van der Waals surface area contributed by atoms with E-state index in [9.17, 15) is 9.90 Å². The van der Waals surface area contributed by atoms with Gasteiger partial charge >= 0.3 is 0 Å². The normalized spacial score (nSPS) is 12.5. The van der Waals surface area contributed by atoms with Crippen molar-refractivity contribution in [2.24, 2.45) is 5.73 Å². The number of hydrogen-bond donors (Lipinski definition) is 2. The molecule has 3 N–H and O–H groups in total. The molecule has 5 heteroatoms. The van der Waals surface area contributed by atoms with Crippen LogP contribution >= 0.6 is 0 Å². The van der Waals surface area contributed by atoms with Gasteiger partial charge in [-0.15, -0.1) is 0 Å². The molecule has 1 atom stereocenters. The Morgan fingerprint density at radius 2 is 2.12 bits per heavy atom. The maximum atomic E-state index is 11.0. The number of aliphatic hydroxyl groups is 1. The highest BCUT2D eigenvalue weighted by molar-refractivity contribution is 5.79. The van der Waals surface area contributed by atoms with Crippen LogP contribution in [0.4, 0.5) is 5.69 Å². The van der Waals surface area contributed by atoms with Gasteiger partial charge in [0.1, 0.15) is 0 Å². The van der Waals surface area contributed by atoms with Crippen molar-refractivity contribution in [2.45, 2.75) is 32.9 Å². The minimum absolute atomic E-state index is 0.154. The summed E-state index contributed by atoms with van der Waals surface area (Å²) in [6, 6.07) is 3.73. The molecule has 0 aliphatic heterocycles. The van der Waals surface area contributed by atoms with E-state index >= 15 is 0 Å². The number of anilines is 1. The molecule has 0 radical (unpaired) electrons. The van der Waals surface area contributed by atoms with Crippen molar-refractivity contribution in [1.29, 1.82) is 0 Å². The van der Waals surface area contributed by atoms with E-state index in [0.29, 0.717) is 5.69 Å². The van der Waals surface area contributed by atoms with Crippen LogP contribution in [0.2, 0.25) is 0 Å². The lowest BCUT2D eigenvalue weighted by Crippen LogP contribution is -2.38. The van der Waals surface area contributed by atoms with Gasteiger partial charge in [-0.25, -0.2) is 0 Å². The molecule has 0 fully saturated rings. The molecular formula is C12H19N3O2. The number of rotatable bonds is 5. The number of primary amides is 1. The summed E-state index contributed by atoms with van der Waals surface area (Å²) in [6.07, 6.45) is 1.05. The molecule has 0 unspecified atom stereocenters. The minimum Gasteiger partial charge on any atom is -0.387 e. The van der Waals surface area contributed by atoms with Crippen LogP contribution in [0.5, 0.6) is 0 Å². The molecule has 5 nitrogen and oxygen atoms in total. The maximum absolute atomic E-state index is 11.0. The number of aliphatic hydroxyl groups excluding tert-OH is 1. The first-order valence-electron chi connectivity index (χ1n) is 5.60. The molecule has 0 saturated carbocycles.